The maximum absolute atomic E-state index is 12.4. The minimum Gasteiger partial charge on any atom is -0.355 e. The zero-order valence-corrected chi connectivity index (χ0v) is 13.1. The van der Waals surface area contributed by atoms with Crippen molar-refractivity contribution in [1.29, 1.82) is 0 Å². The number of piperazine rings is 1. The molecular formula is C15H28N4O2. The number of piperidine rings is 1. The van der Waals surface area contributed by atoms with Crippen LogP contribution in [0.25, 0.3) is 0 Å². The van der Waals surface area contributed by atoms with Crippen LogP contribution in [0.15, 0.2) is 0 Å². The zero-order valence-electron chi connectivity index (χ0n) is 13.1. The van der Waals surface area contributed by atoms with Gasteiger partial charge >= 0.3 is 0 Å². The van der Waals surface area contributed by atoms with Gasteiger partial charge in [-0.25, -0.2) is 0 Å². The Hall–Kier alpha value is -1.14. The number of carbonyl (C=O) groups excluding carboxylic acids is 2. The molecule has 0 aromatic rings. The maximum atomic E-state index is 12.4. The Morgan fingerprint density at radius 1 is 1.24 bits per heavy atom. The average Bonchev–Trinajstić information content (AvgIpc) is 2.54. The van der Waals surface area contributed by atoms with E-state index in [1.807, 2.05) is 11.8 Å². The Balaban J connectivity index is 1.70. The molecule has 2 N–H and O–H groups in total. The predicted molar refractivity (Wildman–Crippen MR) is 81.9 cm³/mol. The van der Waals surface area contributed by atoms with Gasteiger partial charge in [-0.15, -0.1) is 0 Å². The highest BCUT2D eigenvalue weighted by Crippen LogP contribution is 2.14. The lowest BCUT2D eigenvalue weighted by atomic mass is 9.98. The highest BCUT2D eigenvalue weighted by Gasteiger charge is 2.28. The number of carbonyl (C=O) groups is 2. The van der Waals surface area contributed by atoms with Crippen LogP contribution in [-0.4, -0.2) is 74.0 Å². The van der Waals surface area contributed by atoms with E-state index in [4.69, 9.17) is 0 Å². The van der Waals surface area contributed by atoms with Crippen LogP contribution in [0.4, 0.5) is 0 Å². The van der Waals surface area contributed by atoms with E-state index in [1.54, 1.807) is 0 Å². The summed E-state index contributed by atoms with van der Waals surface area (Å²) in [4.78, 5) is 28.2. The minimum absolute atomic E-state index is 0.0908. The molecule has 0 aliphatic carbocycles. The second kappa shape index (κ2) is 8.34. The number of rotatable bonds is 5. The summed E-state index contributed by atoms with van der Waals surface area (Å²) >= 11 is 0. The van der Waals surface area contributed by atoms with Crippen molar-refractivity contribution in [2.24, 2.45) is 5.92 Å². The van der Waals surface area contributed by atoms with Gasteiger partial charge in [0.2, 0.25) is 11.8 Å². The van der Waals surface area contributed by atoms with E-state index in [0.29, 0.717) is 6.54 Å². The van der Waals surface area contributed by atoms with Gasteiger partial charge in [0, 0.05) is 39.3 Å². The van der Waals surface area contributed by atoms with Crippen molar-refractivity contribution in [3.8, 4) is 0 Å². The molecule has 2 saturated heterocycles. The second-order valence-corrected chi connectivity index (χ2v) is 5.99. The molecule has 0 aromatic carbocycles. The molecule has 2 fully saturated rings. The monoisotopic (exact) mass is 296 g/mol. The molecule has 21 heavy (non-hydrogen) atoms. The van der Waals surface area contributed by atoms with Gasteiger partial charge in [-0.05, 0) is 25.8 Å². The third-order valence-corrected chi connectivity index (χ3v) is 4.27. The Bertz CT molecular complexity index is 348. The molecule has 0 saturated carbocycles. The van der Waals surface area contributed by atoms with Crippen molar-refractivity contribution < 1.29 is 9.59 Å². The van der Waals surface area contributed by atoms with Crippen LogP contribution >= 0.6 is 0 Å². The number of amides is 2. The highest BCUT2D eigenvalue weighted by molar-refractivity contribution is 5.79. The van der Waals surface area contributed by atoms with Crippen LogP contribution in [0, 0.1) is 5.92 Å². The van der Waals surface area contributed by atoms with E-state index >= 15 is 0 Å². The summed E-state index contributed by atoms with van der Waals surface area (Å²) in [5.41, 5.74) is 0. The Morgan fingerprint density at radius 2 is 2.00 bits per heavy atom. The molecular weight excluding hydrogens is 268 g/mol. The molecule has 6 heteroatoms. The molecule has 120 valence electrons. The summed E-state index contributed by atoms with van der Waals surface area (Å²) < 4.78 is 0. The predicted octanol–water partition coefficient (Wildman–Crippen LogP) is -0.344. The summed E-state index contributed by atoms with van der Waals surface area (Å²) in [5, 5.41) is 6.19. The van der Waals surface area contributed by atoms with Gasteiger partial charge in [0.15, 0.2) is 0 Å². The van der Waals surface area contributed by atoms with Crippen molar-refractivity contribution in [2.45, 2.75) is 26.2 Å². The van der Waals surface area contributed by atoms with E-state index in [0.717, 1.165) is 65.1 Å². The average molecular weight is 296 g/mol. The van der Waals surface area contributed by atoms with Gasteiger partial charge < -0.3 is 15.5 Å². The Kier molecular flexibility index (Phi) is 6.45. The molecule has 2 heterocycles. The fraction of sp³-hybridized carbons (Fsp3) is 0.867. The smallest absolute Gasteiger partial charge is 0.234 e. The normalized spacial score (nSPS) is 23.9. The van der Waals surface area contributed by atoms with Crippen molar-refractivity contribution in [2.75, 3.05) is 52.4 Å². The van der Waals surface area contributed by atoms with Crippen molar-refractivity contribution in [3.63, 3.8) is 0 Å². The molecule has 0 unspecified atom stereocenters. The molecule has 0 bridgehead atoms. The third kappa shape index (κ3) is 4.97. The zero-order chi connectivity index (χ0) is 15.1. The first-order chi connectivity index (χ1) is 10.2. The summed E-state index contributed by atoms with van der Waals surface area (Å²) in [6.45, 7) is 8.18. The number of nitrogens with one attached hydrogen (secondary N) is 2. The van der Waals surface area contributed by atoms with Crippen molar-refractivity contribution in [3.05, 3.63) is 0 Å². The first kappa shape index (κ1) is 16.2. The second-order valence-electron chi connectivity index (χ2n) is 5.99. The number of hydrogen-bond donors (Lipinski definition) is 2. The fourth-order valence-corrected chi connectivity index (χ4v) is 2.97. The molecule has 2 aliphatic heterocycles. The summed E-state index contributed by atoms with van der Waals surface area (Å²) in [6, 6.07) is 0. The molecule has 2 aliphatic rings. The Labute approximate surface area is 127 Å². The first-order valence-corrected chi connectivity index (χ1v) is 8.19. The van der Waals surface area contributed by atoms with Crippen LogP contribution in [0.3, 0.4) is 0 Å². The van der Waals surface area contributed by atoms with Crippen molar-refractivity contribution in [1.82, 2.24) is 20.4 Å². The fourth-order valence-electron chi connectivity index (χ4n) is 2.97. The summed E-state index contributed by atoms with van der Waals surface area (Å²) in [7, 11) is 0. The van der Waals surface area contributed by atoms with Crippen LogP contribution in [0.2, 0.25) is 0 Å². The van der Waals surface area contributed by atoms with Crippen LogP contribution in [0.5, 0.6) is 0 Å². The number of nitrogens with zero attached hydrogens (tertiary/aromatic N) is 2. The van der Waals surface area contributed by atoms with Gasteiger partial charge in [-0.3, -0.25) is 14.5 Å². The van der Waals surface area contributed by atoms with Gasteiger partial charge in [-0.1, -0.05) is 6.92 Å². The van der Waals surface area contributed by atoms with E-state index in [9.17, 15) is 9.59 Å². The van der Waals surface area contributed by atoms with Crippen LogP contribution in [0.1, 0.15) is 26.2 Å². The standard InChI is InChI=1S/C15H28N4O2/c1-2-5-17-14(20)12-18-7-9-19(10-8-18)15(21)13-4-3-6-16-11-13/h13,16H,2-12H2,1H3,(H,17,20)/t13-/m0/s1. The van der Waals surface area contributed by atoms with E-state index in [1.165, 1.54) is 0 Å². The van der Waals surface area contributed by atoms with Gasteiger partial charge in [0.05, 0.1) is 12.5 Å². The molecule has 0 radical (unpaired) electrons. The van der Waals surface area contributed by atoms with Crippen LogP contribution in [-0.2, 0) is 9.59 Å². The molecule has 2 amide bonds. The van der Waals surface area contributed by atoms with E-state index in [2.05, 4.69) is 15.5 Å². The minimum atomic E-state index is 0.0908. The largest absolute Gasteiger partial charge is 0.355 e. The SMILES string of the molecule is CCCNC(=O)CN1CCN(C(=O)[C@H]2CCCNC2)CC1. The van der Waals surface area contributed by atoms with Crippen LogP contribution < -0.4 is 10.6 Å². The highest BCUT2D eigenvalue weighted by atomic mass is 16.2. The lowest BCUT2D eigenvalue weighted by Crippen LogP contribution is -2.53. The molecule has 6 nitrogen and oxygen atoms in total. The molecule has 0 aromatic heterocycles. The van der Waals surface area contributed by atoms with Crippen molar-refractivity contribution >= 4 is 11.8 Å². The lowest BCUT2D eigenvalue weighted by Gasteiger charge is -2.36. The maximum Gasteiger partial charge on any atom is 0.234 e. The molecule has 1 atom stereocenters. The summed E-state index contributed by atoms with van der Waals surface area (Å²) in [6.07, 6.45) is 3.06. The Morgan fingerprint density at radius 3 is 2.62 bits per heavy atom. The third-order valence-electron chi connectivity index (χ3n) is 4.27. The van der Waals surface area contributed by atoms with E-state index in [-0.39, 0.29) is 17.7 Å². The van der Waals surface area contributed by atoms with Gasteiger partial charge in [0.1, 0.15) is 0 Å². The molecule has 0 spiro atoms. The summed E-state index contributed by atoms with van der Waals surface area (Å²) in [5.74, 6) is 0.531. The first-order valence-electron chi connectivity index (χ1n) is 8.19. The van der Waals surface area contributed by atoms with Gasteiger partial charge in [0.25, 0.3) is 0 Å². The number of hydrogen-bond acceptors (Lipinski definition) is 4. The lowest BCUT2D eigenvalue weighted by molar-refractivity contribution is -0.138. The quantitative estimate of drug-likeness (QED) is 0.728. The van der Waals surface area contributed by atoms with E-state index < -0.39 is 0 Å². The van der Waals surface area contributed by atoms with Gasteiger partial charge in [-0.2, -0.15) is 0 Å². The topological polar surface area (TPSA) is 64.7 Å². The molecule has 2 rings (SSSR count).